The summed E-state index contributed by atoms with van der Waals surface area (Å²) in [4.78, 5) is 0. The summed E-state index contributed by atoms with van der Waals surface area (Å²) in [5.41, 5.74) is 0.588. The maximum atomic E-state index is 11.4. The SMILES string of the molecule is COc1cc(P(c2ccccc2OC)c2ccccc2OC)c(O)c(C(C)(C)C)c1. The van der Waals surface area contributed by atoms with E-state index < -0.39 is 7.92 Å². The number of aromatic hydroxyl groups is 1. The number of phenols is 1. The highest BCUT2D eigenvalue weighted by atomic mass is 31.1. The van der Waals surface area contributed by atoms with Crippen LogP contribution in [0, 0.1) is 0 Å². The molecule has 0 amide bonds. The Balaban J connectivity index is 2.40. The maximum Gasteiger partial charge on any atom is 0.127 e. The highest BCUT2D eigenvalue weighted by Crippen LogP contribution is 2.45. The second-order valence-corrected chi connectivity index (χ2v) is 10.1. The van der Waals surface area contributed by atoms with Crippen LogP contribution in [0.5, 0.6) is 23.0 Å². The standard InChI is InChI=1S/C25H29O4P/c1-25(2,3)18-15-17(27-4)16-23(24(18)26)30(21-13-9-7-11-19(21)28-5)22-14-10-8-12-20(22)29-6/h7-16,26H,1-6H3. The van der Waals surface area contributed by atoms with Gasteiger partial charge in [0.2, 0.25) is 0 Å². The lowest BCUT2D eigenvalue weighted by molar-refractivity contribution is 0.407. The zero-order valence-electron chi connectivity index (χ0n) is 18.4. The van der Waals surface area contributed by atoms with Crippen molar-refractivity contribution >= 4 is 23.8 Å². The monoisotopic (exact) mass is 424 g/mol. The van der Waals surface area contributed by atoms with Crippen molar-refractivity contribution in [2.45, 2.75) is 26.2 Å². The lowest BCUT2D eigenvalue weighted by atomic mass is 9.86. The molecule has 0 heterocycles. The van der Waals surface area contributed by atoms with Crippen molar-refractivity contribution in [3.05, 3.63) is 66.2 Å². The van der Waals surface area contributed by atoms with E-state index in [2.05, 4.69) is 20.8 Å². The van der Waals surface area contributed by atoms with Gasteiger partial charge in [-0.2, -0.15) is 0 Å². The van der Waals surface area contributed by atoms with E-state index in [1.165, 1.54) is 0 Å². The highest BCUT2D eigenvalue weighted by Gasteiger charge is 2.30. The van der Waals surface area contributed by atoms with Gasteiger partial charge in [0.1, 0.15) is 23.0 Å². The molecule has 5 heteroatoms. The summed E-state index contributed by atoms with van der Waals surface area (Å²) in [6.07, 6.45) is 0. The van der Waals surface area contributed by atoms with Crippen LogP contribution in [0.3, 0.4) is 0 Å². The minimum atomic E-state index is -1.19. The van der Waals surface area contributed by atoms with Crippen molar-refractivity contribution < 1.29 is 19.3 Å². The Kier molecular flexibility index (Phi) is 6.58. The highest BCUT2D eigenvalue weighted by molar-refractivity contribution is 7.80. The quantitative estimate of drug-likeness (QED) is 0.593. The van der Waals surface area contributed by atoms with Gasteiger partial charge in [-0.05, 0) is 37.6 Å². The predicted molar refractivity (Wildman–Crippen MR) is 125 cm³/mol. The predicted octanol–water partition coefficient (Wildman–Crippen LogP) is 4.47. The van der Waals surface area contributed by atoms with Crippen LogP contribution in [0.4, 0.5) is 0 Å². The molecule has 3 aromatic rings. The molecule has 0 aliphatic rings. The molecule has 3 aromatic carbocycles. The summed E-state index contributed by atoms with van der Waals surface area (Å²) in [7, 11) is 3.80. The number of methoxy groups -OCH3 is 3. The van der Waals surface area contributed by atoms with Crippen molar-refractivity contribution in [3.63, 3.8) is 0 Å². The summed E-state index contributed by atoms with van der Waals surface area (Å²) in [6.45, 7) is 6.25. The van der Waals surface area contributed by atoms with Crippen LogP contribution in [0.25, 0.3) is 0 Å². The fourth-order valence-corrected chi connectivity index (χ4v) is 6.08. The summed E-state index contributed by atoms with van der Waals surface area (Å²) >= 11 is 0. The molecular formula is C25H29O4P. The number of benzene rings is 3. The third-order valence-corrected chi connectivity index (χ3v) is 7.53. The third kappa shape index (κ3) is 4.24. The van der Waals surface area contributed by atoms with Crippen LogP contribution in [-0.2, 0) is 5.41 Å². The molecular weight excluding hydrogens is 395 g/mol. The van der Waals surface area contributed by atoms with E-state index in [1.54, 1.807) is 21.3 Å². The van der Waals surface area contributed by atoms with Crippen LogP contribution in [-0.4, -0.2) is 26.4 Å². The van der Waals surface area contributed by atoms with Gasteiger partial charge in [0.15, 0.2) is 0 Å². The van der Waals surface area contributed by atoms with Crippen molar-refractivity contribution in [3.8, 4) is 23.0 Å². The van der Waals surface area contributed by atoms with E-state index >= 15 is 0 Å². The Morgan fingerprint density at radius 3 is 1.63 bits per heavy atom. The van der Waals surface area contributed by atoms with Gasteiger partial charge in [0.05, 0.1) is 21.3 Å². The second-order valence-electron chi connectivity index (χ2n) is 7.97. The van der Waals surface area contributed by atoms with E-state index in [9.17, 15) is 5.11 Å². The molecule has 4 nitrogen and oxygen atoms in total. The van der Waals surface area contributed by atoms with Gasteiger partial charge in [0.25, 0.3) is 0 Å². The molecule has 0 aliphatic carbocycles. The van der Waals surface area contributed by atoms with E-state index in [4.69, 9.17) is 14.2 Å². The van der Waals surface area contributed by atoms with E-state index in [0.717, 1.165) is 33.0 Å². The molecule has 0 radical (unpaired) electrons. The number of rotatable bonds is 6. The summed E-state index contributed by atoms with van der Waals surface area (Å²) in [5, 5.41) is 14.3. The largest absolute Gasteiger partial charge is 0.507 e. The Labute approximate surface area is 180 Å². The molecule has 0 bridgehead atoms. The minimum Gasteiger partial charge on any atom is -0.507 e. The first-order chi connectivity index (χ1) is 14.3. The topological polar surface area (TPSA) is 47.9 Å². The molecule has 0 atom stereocenters. The second kappa shape index (κ2) is 8.97. The zero-order chi connectivity index (χ0) is 21.9. The maximum absolute atomic E-state index is 11.4. The van der Waals surface area contributed by atoms with Crippen molar-refractivity contribution in [2.75, 3.05) is 21.3 Å². The summed E-state index contributed by atoms with van der Waals surface area (Å²) in [6, 6.07) is 19.7. The molecule has 0 spiro atoms. The smallest absolute Gasteiger partial charge is 0.127 e. The molecule has 0 aromatic heterocycles. The number of phenolic OH excluding ortho intramolecular Hbond substituents is 1. The zero-order valence-corrected chi connectivity index (χ0v) is 19.3. The van der Waals surface area contributed by atoms with Crippen LogP contribution < -0.4 is 30.1 Å². The number of ether oxygens (including phenoxy) is 3. The average Bonchev–Trinajstić information content (AvgIpc) is 2.75. The third-order valence-electron chi connectivity index (χ3n) is 5.00. The van der Waals surface area contributed by atoms with Gasteiger partial charge in [-0.25, -0.2) is 0 Å². The van der Waals surface area contributed by atoms with E-state index in [0.29, 0.717) is 5.75 Å². The van der Waals surface area contributed by atoms with Gasteiger partial charge in [0, 0.05) is 21.5 Å². The van der Waals surface area contributed by atoms with Gasteiger partial charge in [-0.15, -0.1) is 0 Å². The number of para-hydroxylation sites is 2. The summed E-state index contributed by atoms with van der Waals surface area (Å²) < 4.78 is 17.0. The molecule has 0 unspecified atom stereocenters. The first-order valence-corrected chi connectivity index (χ1v) is 11.1. The van der Waals surface area contributed by atoms with Crippen LogP contribution in [0.1, 0.15) is 26.3 Å². The minimum absolute atomic E-state index is 0.254. The Morgan fingerprint density at radius 2 is 1.20 bits per heavy atom. The molecule has 3 rings (SSSR count). The van der Waals surface area contributed by atoms with Crippen molar-refractivity contribution in [2.24, 2.45) is 0 Å². The first kappa shape index (κ1) is 22.0. The molecule has 0 saturated carbocycles. The van der Waals surface area contributed by atoms with Gasteiger partial charge in [-0.3, -0.25) is 0 Å². The molecule has 0 saturated heterocycles. The van der Waals surface area contributed by atoms with Crippen molar-refractivity contribution in [1.29, 1.82) is 0 Å². The lowest BCUT2D eigenvalue weighted by Gasteiger charge is -2.28. The lowest BCUT2D eigenvalue weighted by Crippen LogP contribution is -2.25. The fraction of sp³-hybridized carbons (Fsp3) is 0.280. The van der Waals surface area contributed by atoms with Crippen LogP contribution >= 0.6 is 7.92 Å². The molecule has 1 N–H and O–H groups in total. The molecule has 0 fully saturated rings. The van der Waals surface area contributed by atoms with E-state index in [-0.39, 0.29) is 11.2 Å². The van der Waals surface area contributed by atoms with Crippen LogP contribution in [0.15, 0.2) is 60.7 Å². The Bertz CT molecular complexity index is 976. The Hall–Kier alpha value is -2.71. The van der Waals surface area contributed by atoms with Gasteiger partial charge >= 0.3 is 0 Å². The number of hydrogen-bond donors (Lipinski definition) is 1. The number of hydrogen-bond acceptors (Lipinski definition) is 4. The van der Waals surface area contributed by atoms with Gasteiger partial charge in [-0.1, -0.05) is 57.2 Å². The molecule has 30 heavy (non-hydrogen) atoms. The van der Waals surface area contributed by atoms with E-state index in [1.807, 2.05) is 60.7 Å². The average molecular weight is 424 g/mol. The van der Waals surface area contributed by atoms with Crippen LogP contribution in [0.2, 0.25) is 0 Å². The fourth-order valence-electron chi connectivity index (χ4n) is 3.47. The summed E-state index contributed by atoms with van der Waals surface area (Å²) in [5.74, 6) is 2.54. The molecule has 0 aliphatic heterocycles. The van der Waals surface area contributed by atoms with Crippen molar-refractivity contribution in [1.82, 2.24) is 0 Å². The first-order valence-electron chi connectivity index (χ1n) is 9.79. The van der Waals surface area contributed by atoms with Gasteiger partial charge < -0.3 is 19.3 Å². The molecule has 158 valence electrons. The Morgan fingerprint density at radius 1 is 0.700 bits per heavy atom. The normalized spacial score (nSPS) is 11.4.